The molecule has 0 unspecified atom stereocenters. The highest BCUT2D eigenvalue weighted by Gasteiger charge is 2.24. The van der Waals surface area contributed by atoms with Crippen LogP contribution in [0.4, 0.5) is 0 Å². The number of nitrogens with zero attached hydrogens (tertiary/aromatic N) is 3. The standard InChI is InChI=1S/C62H39N3/c1-3-17-42(18-4-1)53-38-60(65-59-36-48-25-12-11-24-47(48)35-55(59)52-32-31-43-19-13-14-26-51(43)61(52)65)54(49-29-27-40-15-7-9-22-45(40)33-49)37-56(53)62-63-57(44-20-5-2-6-21-44)39-58(64-62)50-30-28-41-16-8-10-23-46(41)34-50/h1-39H. The lowest BCUT2D eigenvalue weighted by molar-refractivity contribution is 1.17. The van der Waals surface area contributed by atoms with Crippen LogP contribution in [0.2, 0.25) is 0 Å². The number of aromatic nitrogens is 3. The maximum Gasteiger partial charge on any atom is 0.161 e. The Labute approximate surface area is 376 Å². The van der Waals surface area contributed by atoms with Crippen LogP contribution in [0.15, 0.2) is 237 Å². The smallest absolute Gasteiger partial charge is 0.161 e. The summed E-state index contributed by atoms with van der Waals surface area (Å²) in [5.74, 6) is 0.667. The summed E-state index contributed by atoms with van der Waals surface area (Å²) in [6.07, 6.45) is 0. The number of benzene rings is 11. The molecule has 302 valence electrons. The second kappa shape index (κ2) is 15.0. The van der Waals surface area contributed by atoms with Crippen LogP contribution in [0.25, 0.3) is 127 Å². The highest BCUT2D eigenvalue weighted by molar-refractivity contribution is 6.21. The van der Waals surface area contributed by atoms with Crippen molar-refractivity contribution in [3.63, 3.8) is 0 Å². The monoisotopic (exact) mass is 825 g/mol. The van der Waals surface area contributed by atoms with Crippen LogP contribution in [0.1, 0.15) is 0 Å². The molecule has 2 aromatic heterocycles. The van der Waals surface area contributed by atoms with Crippen LogP contribution in [0.3, 0.4) is 0 Å². The fraction of sp³-hybridized carbons (Fsp3) is 0. The molecule has 0 aliphatic heterocycles. The average molecular weight is 826 g/mol. The Bertz CT molecular complexity index is 4000. The van der Waals surface area contributed by atoms with E-state index in [9.17, 15) is 0 Å². The van der Waals surface area contributed by atoms with Gasteiger partial charge in [-0.2, -0.15) is 0 Å². The van der Waals surface area contributed by atoms with Gasteiger partial charge in [0, 0.05) is 38.4 Å². The van der Waals surface area contributed by atoms with Crippen molar-refractivity contribution in [3.05, 3.63) is 237 Å². The van der Waals surface area contributed by atoms with Gasteiger partial charge in [0.2, 0.25) is 0 Å². The Kier molecular flexibility index (Phi) is 8.53. The zero-order valence-corrected chi connectivity index (χ0v) is 35.4. The summed E-state index contributed by atoms with van der Waals surface area (Å²) >= 11 is 0. The number of fused-ring (bicyclic) bond motifs is 8. The molecular weight excluding hydrogens is 787 g/mol. The molecule has 0 fully saturated rings. The molecule has 65 heavy (non-hydrogen) atoms. The first-order valence-electron chi connectivity index (χ1n) is 22.2. The molecule has 0 aliphatic carbocycles. The Morgan fingerprint density at radius 2 is 0.800 bits per heavy atom. The lowest BCUT2D eigenvalue weighted by atomic mass is 9.91. The Balaban J connectivity index is 1.18. The van der Waals surface area contributed by atoms with Crippen molar-refractivity contribution in [3.8, 4) is 61.8 Å². The lowest BCUT2D eigenvalue weighted by Crippen LogP contribution is -2.02. The van der Waals surface area contributed by atoms with E-state index in [-0.39, 0.29) is 0 Å². The third kappa shape index (κ3) is 6.28. The summed E-state index contributed by atoms with van der Waals surface area (Å²) < 4.78 is 2.53. The molecule has 0 spiro atoms. The van der Waals surface area contributed by atoms with E-state index in [2.05, 4.69) is 241 Å². The first kappa shape index (κ1) is 36.9. The van der Waals surface area contributed by atoms with E-state index in [1.807, 2.05) is 0 Å². The molecule has 3 nitrogen and oxygen atoms in total. The van der Waals surface area contributed by atoms with E-state index in [1.54, 1.807) is 0 Å². The van der Waals surface area contributed by atoms with Crippen LogP contribution in [-0.4, -0.2) is 14.5 Å². The van der Waals surface area contributed by atoms with Crippen LogP contribution in [0, 0.1) is 0 Å². The van der Waals surface area contributed by atoms with Crippen LogP contribution >= 0.6 is 0 Å². The molecule has 3 heteroatoms. The van der Waals surface area contributed by atoms with Crippen molar-refractivity contribution in [1.29, 1.82) is 0 Å². The van der Waals surface area contributed by atoms with Crippen molar-refractivity contribution in [2.45, 2.75) is 0 Å². The van der Waals surface area contributed by atoms with Crippen LogP contribution < -0.4 is 0 Å². The fourth-order valence-electron chi connectivity index (χ4n) is 9.94. The maximum atomic E-state index is 5.53. The Hall–Kier alpha value is -8.66. The minimum absolute atomic E-state index is 0.667. The molecule has 13 aromatic rings. The van der Waals surface area contributed by atoms with E-state index in [4.69, 9.17) is 9.97 Å². The first-order chi connectivity index (χ1) is 32.2. The van der Waals surface area contributed by atoms with Gasteiger partial charge in [-0.1, -0.05) is 194 Å². The minimum Gasteiger partial charge on any atom is -0.308 e. The molecule has 0 atom stereocenters. The predicted octanol–water partition coefficient (Wildman–Crippen LogP) is 16.5. The number of hydrogen-bond acceptors (Lipinski definition) is 2. The van der Waals surface area contributed by atoms with Crippen LogP contribution in [-0.2, 0) is 0 Å². The molecule has 0 aliphatic rings. The quantitative estimate of drug-likeness (QED) is 0.167. The van der Waals surface area contributed by atoms with Gasteiger partial charge in [-0.3, -0.25) is 0 Å². The van der Waals surface area contributed by atoms with Gasteiger partial charge in [0.25, 0.3) is 0 Å². The third-order valence-electron chi connectivity index (χ3n) is 13.1. The SMILES string of the molecule is c1ccc(-c2cc(-c3ccc4ccccc4c3)nc(-c3cc(-c4ccc5ccccc5c4)c(-n4c5cc6ccccc6cc5c5ccc6ccccc6c54)cc3-c3ccccc3)n2)cc1. The van der Waals surface area contributed by atoms with Gasteiger partial charge in [-0.25, -0.2) is 9.97 Å². The van der Waals surface area contributed by atoms with Gasteiger partial charge in [-0.15, -0.1) is 0 Å². The molecule has 13 rings (SSSR count). The van der Waals surface area contributed by atoms with E-state index in [0.717, 1.165) is 61.5 Å². The predicted molar refractivity (Wildman–Crippen MR) is 274 cm³/mol. The minimum atomic E-state index is 0.667. The van der Waals surface area contributed by atoms with Gasteiger partial charge < -0.3 is 4.57 Å². The van der Waals surface area contributed by atoms with Crippen molar-refractivity contribution >= 4 is 64.9 Å². The second-order valence-corrected chi connectivity index (χ2v) is 17.0. The first-order valence-corrected chi connectivity index (χ1v) is 22.2. The van der Waals surface area contributed by atoms with Crippen molar-refractivity contribution in [1.82, 2.24) is 14.5 Å². The topological polar surface area (TPSA) is 30.7 Å². The summed E-state index contributed by atoms with van der Waals surface area (Å²) in [6, 6.07) is 85.5. The normalized spacial score (nSPS) is 11.7. The molecule has 11 aromatic carbocycles. The maximum absolute atomic E-state index is 5.53. The summed E-state index contributed by atoms with van der Waals surface area (Å²) in [5.41, 5.74) is 12.6. The number of hydrogen-bond donors (Lipinski definition) is 0. The fourth-order valence-corrected chi connectivity index (χ4v) is 9.94. The van der Waals surface area contributed by atoms with Crippen LogP contribution in [0.5, 0.6) is 0 Å². The molecule has 2 heterocycles. The zero-order chi connectivity index (χ0) is 42.8. The molecule has 0 bridgehead atoms. The van der Waals surface area contributed by atoms with Gasteiger partial charge >= 0.3 is 0 Å². The second-order valence-electron chi connectivity index (χ2n) is 17.0. The molecule has 0 radical (unpaired) electrons. The van der Waals surface area contributed by atoms with Crippen molar-refractivity contribution in [2.24, 2.45) is 0 Å². The summed E-state index contributed by atoms with van der Waals surface area (Å²) in [7, 11) is 0. The molecule has 0 amide bonds. The third-order valence-corrected chi connectivity index (χ3v) is 13.1. The summed E-state index contributed by atoms with van der Waals surface area (Å²) in [5, 5.41) is 12.0. The highest BCUT2D eigenvalue weighted by atomic mass is 15.0. The van der Waals surface area contributed by atoms with Gasteiger partial charge in [-0.05, 0) is 96.9 Å². The van der Waals surface area contributed by atoms with E-state index >= 15 is 0 Å². The molecule has 0 saturated carbocycles. The zero-order valence-electron chi connectivity index (χ0n) is 35.4. The van der Waals surface area contributed by atoms with Crippen molar-refractivity contribution < 1.29 is 0 Å². The Morgan fingerprint density at radius 1 is 0.277 bits per heavy atom. The summed E-state index contributed by atoms with van der Waals surface area (Å²) in [6.45, 7) is 0. The highest BCUT2D eigenvalue weighted by Crippen LogP contribution is 2.45. The summed E-state index contributed by atoms with van der Waals surface area (Å²) in [4.78, 5) is 11.0. The van der Waals surface area contributed by atoms with E-state index in [1.165, 1.54) is 59.4 Å². The van der Waals surface area contributed by atoms with Crippen molar-refractivity contribution in [2.75, 3.05) is 0 Å². The van der Waals surface area contributed by atoms with E-state index in [0.29, 0.717) is 5.82 Å². The Morgan fingerprint density at radius 3 is 1.49 bits per heavy atom. The molecule has 0 N–H and O–H groups in total. The van der Waals surface area contributed by atoms with Gasteiger partial charge in [0.15, 0.2) is 5.82 Å². The van der Waals surface area contributed by atoms with E-state index < -0.39 is 0 Å². The molecule has 0 saturated heterocycles. The lowest BCUT2D eigenvalue weighted by Gasteiger charge is -2.21. The van der Waals surface area contributed by atoms with Gasteiger partial charge in [0.1, 0.15) is 0 Å². The number of rotatable bonds is 6. The van der Waals surface area contributed by atoms with Gasteiger partial charge in [0.05, 0.1) is 28.1 Å². The average Bonchev–Trinajstić information content (AvgIpc) is 3.71. The molecular formula is C62H39N3. The largest absolute Gasteiger partial charge is 0.308 e.